The van der Waals surface area contributed by atoms with Crippen molar-refractivity contribution in [2.24, 2.45) is 0 Å². The molecule has 3 rings (SSSR count). The normalized spacial score (nSPS) is 16.7. The summed E-state index contributed by atoms with van der Waals surface area (Å²) >= 11 is 0. The third-order valence-electron chi connectivity index (χ3n) is 3.60. The fraction of sp³-hybridized carbons (Fsp3) is 0.400. The molecule has 2 aromatic rings. The lowest BCUT2D eigenvalue weighted by Crippen LogP contribution is -2.19. The Morgan fingerprint density at radius 1 is 1.39 bits per heavy atom. The van der Waals surface area contributed by atoms with Gasteiger partial charge >= 0.3 is 0 Å². The van der Waals surface area contributed by atoms with Crippen molar-refractivity contribution in [3.05, 3.63) is 53.6 Å². The number of hydrogen-bond donors (Lipinski definition) is 2. The van der Waals surface area contributed by atoms with Crippen LogP contribution < -0.4 is 5.32 Å². The molecule has 1 aliphatic carbocycles. The Labute approximate surface area is 108 Å². The summed E-state index contributed by atoms with van der Waals surface area (Å²) in [6, 6.07) is 9.03. The van der Waals surface area contributed by atoms with Gasteiger partial charge in [-0.25, -0.2) is 4.98 Å². The van der Waals surface area contributed by atoms with Crippen molar-refractivity contribution in [3.8, 4) is 0 Å². The minimum atomic E-state index is 0.257. The van der Waals surface area contributed by atoms with Crippen molar-refractivity contribution >= 4 is 0 Å². The van der Waals surface area contributed by atoms with Gasteiger partial charge in [0.15, 0.2) is 0 Å². The third-order valence-corrected chi connectivity index (χ3v) is 3.60. The zero-order chi connectivity index (χ0) is 12.4. The van der Waals surface area contributed by atoms with Gasteiger partial charge in [0.25, 0.3) is 0 Å². The number of aromatic amines is 1. The molecule has 0 bridgehead atoms. The highest BCUT2D eigenvalue weighted by atomic mass is 15.0. The monoisotopic (exact) mass is 241 g/mol. The molecule has 2 N–H and O–H groups in total. The summed E-state index contributed by atoms with van der Waals surface area (Å²) in [6.07, 6.45) is 6.37. The molecule has 0 amide bonds. The molecule has 1 heterocycles. The second-order valence-corrected chi connectivity index (χ2v) is 5.05. The summed E-state index contributed by atoms with van der Waals surface area (Å²) in [6.45, 7) is 3.05. The number of H-pyrrole nitrogens is 1. The highest BCUT2D eigenvalue weighted by Crippen LogP contribution is 2.41. The first-order valence-electron chi connectivity index (χ1n) is 6.65. The molecule has 94 valence electrons. The number of rotatable bonds is 5. The molecule has 1 aromatic heterocycles. The number of aromatic nitrogens is 2. The van der Waals surface area contributed by atoms with E-state index in [-0.39, 0.29) is 6.04 Å². The first kappa shape index (κ1) is 11.5. The minimum absolute atomic E-state index is 0.257. The molecule has 0 aliphatic heterocycles. The van der Waals surface area contributed by atoms with Crippen LogP contribution in [0.5, 0.6) is 0 Å². The van der Waals surface area contributed by atoms with Gasteiger partial charge in [0, 0.05) is 18.9 Å². The number of nitrogens with zero attached hydrogens (tertiary/aromatic N) is 1. The Balaban J connectivity index is 1.66. The van der Waals surface area contributed by atoms with Crippen LogP contribution in [-0.4, -0.2) is 9.97 Å². The van der Waals surface area contributed by atoms with Gasteiger partial charge in [-0.05, 0) is 36.8 Å². The molecular weight excluding hydrogens is 222 g/mol. The smallest absolute Gasteiger partial charge is 0.122 e. The maximum Gasteiger partial charge on any atom is 0.122 e. The number of hydrogen-bond acceptors (Lipinski definition) is 2. The standard InChI is InChI=1S/C15H19N3/c1-11(15-16-8-9-17-15)18-10-13-4-2-3-5-14(13)12-6-7-12/h2-5,8-9,11-12,18H,6-7,10H2,1H3,(H,16,17). The lowest BCUT2D eigenvalue weighted by atomic mass is 10.0. The lowest BCUT2D eigenvalue weighted by Gasteiger charge is -2.14. The molecule has 18 heavy (non-hydrogen) atoms. The average Bonchev–Trinajstić information content (AvgIpc) is 3.10. The van der Waals surface area contributed by atoms with Crippen molar-refractivity contribution in [3.63, 3.8) is 0 Å². The molecule has 0 saturated heterocycles. The van der Waals surface area contributed by atoms with E-state index in [9.17, 15) is 0 Å². The van der Waals surface area contributed by atoms with Crippen molar-refractivity contribution in [1.82, 2.24) is 15.3 Å². The van der Waals surface area contributed by atoms with E-state index in [2.05, 4.69) is 46.5 Å². The predicted molar refractivity (Wildman–Crippen MR) is 72.3 cm³/mol. The van der Waals surface area contributed by atoms with Gasteiger partial charge in [-0.3, -0.25) is 0 Å². The molecule has 1 aromatic carbocycles. The zero-order valence-corrected chi connectivity index (χ0v) is 10.7. The van der Waals surface area contributed by atoms with E-state index >= 15 is 0 Å². The Morgan fingerprint density at radius 3 is 2.94 bits per heavy atom. The maximum atomic E-state index is 4.28. The first-order valence-corrected chi connectivity index (χ1v) is 6.65. The Hall–Kier alpha value is -1.61. The van der Waals surface area contributed by atoms with Gasteiger partial charge in [-0.2, -0.15) is 0 Å². The van der Waals surface area contributed by atoms with Gasteiger partial charge in [-0.1, -0.05) is 24.3 Å². The molecule has 0 radical (unpaired) electrons. The molecule has 1 unspecified atom stereocenters. The van der Waals surface area contributed by atoms with Crippen LogP contribution >= 0.6 is 0 Å². The molecule has 1 saturated carbocycles. The van der Waals surface area contributed by atoms with Crippen LogP contribution in [0.2, 0.25) is 0 Å². The van der Waals surface area contributed by atoms with E-state index in [1.807, 2.05) is 6.20 Å². The Morgan fingerprint density at radius 2 is 2.22 bits per heavy atom. The van der Waals surface area contributed by atoms with E-state index in [0.29, 0.717) is 0 Å². The molecule has 0 spiro atoms. The highest BCUT2D eigenvalue weighted by Gasteiger charge is 2.25. The van der Waals surface area contributed by atoms with E-state index in [4.69, 9.17) is 0 Å². The van der Waals surface area contributed by atoms with Gasteiger partial charge in [0.1, 0.15) is 5.82 Å². The van der Waals surface area contributed by atoms with Gasteiger partial charge in [0.05, 0.1) is 6.04 Å². The first-order chi connectivity index (χ1) is 8.84. The molecular formula is C15H19N3. The minimum Gasteiger partial charge on any atom is -0.347 e. The number of benzene rings is 1. The molecule has 3 nitrogen and oxygen atoms in total. The van der Waals surface area contributed by atoms with E-state index in [1.165, 1.54) is 24.0 Å². The SMILES string of the molecule is CC(NCc1ccccc1C1CC1)c1ncc[nH]1. The fourth-order valence-electron chi connectivity index (χ4n) is 2.36. The fourth-order valence-corrected chi connectivity index (χ4v) is 2.36. The van der Waals surface area contributed by atoms with Crippen LogP contribution in [0.3, 0.4) is 0 Å². The summed E-state index contributed by atoms with van der Waals surface area (Å²) in [5.74, 6) is 1.81. The van der Waals surface area contributed by atoms with E-state index in [1.54, 1.807) is 6.20 Å². The van der Waals surface area contributed by atoms with E-state index in [0.717, 1.165) is 18.3 Å². The summed E-state index contributed by atoms with van der Waals surface area (Å²) in [4.78, 5) is 7.43. The Kier molecular flexibility index (Phi) is 3.15. The quantitative estimate of drug-likeness (QED) is 0.844. The predicted octanol–water partition coefficient (Wildman–Crippen LogP) is 3.14. The highest BCUT2D eigenvalue weighted by molar-refractivity contribution is 5.33. The van der Waals surface area contributed by atoms with Crippen molar-refractivity contribution in [2.45, 2.75) is 38.3 Å². The molecule has 3 heteroatoms. The second-order valence-electron chi connectivity index (χ2n) is 5.05. The summed E-state index contributed by atoms with van der Waals surface area (Å²) in [7, 11) is 0. The van der Waals surface area contributed by atoms with Crippen LogP contribution in [0.15, 0.2) is 36.7 Å². The molecule has 1 fully saturated rings. The topological polar surface area (TPSA) is 40.7 Å². The van der Waals surface area contributed by atoms with Crippen LogP contribution in [0.1, 0.15) is 48.7 Å². The molecule has 1 atom stereocenters. The second kappa shape index (κ2) is 4.94. The molecule has 1 aliphatic rings. The zero-order valence-electron chi connectivity index (χ0n) is 10.7. The number of nitrogens with one attached hydrogen (secondary N) is 2. The van der Waals surface area contributed by atoms with Gasteiger partial charge in [0.2, 0.25) is 0 Å². The third kappa shape index (κ3) is 2.46. The van der Waals surface area contributed by atoms with Crippen LogP contribution in [0.25, 0.3) is 0 Å². The van der Waals surface area contributed by atoms with Crippen LogP contribution in [0, 0.1) is 0 Å². The Bertz CT molecular complexity index is 500. The average molecular weight is 241 g/mol. The number of imidazole rings is 1. The van der Waals surface area contributed by atoms with Crippen molar-refractivity contribution < 1.29 is 0 Å². The van der Waals surface area contributed by atoms with Crippen molar-refractivity contribution in [1.29, 1.82) is 0 Å². The van der Waals surface area contributed by atoms with Crippen molar-refractivity contribution in [2.75, 3.05) is 0 Å². The summed E-state index contributed by atoms with van der Waals surface area (Å²) in [5, 5.41) is 3.53. The van der Waals surface area contributed by atoms with Gasteiger partial charge in [-0.15, -0.1) is 0 Å². The summed E-state index contributed by atoms with van der Waals surface area (Å²) in [5.41, 5.74) is 2.95. The van der Waals surface area contributed by atoms with Gasteiger partial charge < -0.3 is 10.3 Å². The van der Waals surface area contributed by atoms with Crippen LogP contribution in [0.4, 0.5) is 0 Å². The van der Waals surface area contributed by atoms with E-state index < -0.39 is 0 Å². The maximum absolute atomic E-state index is 4.28. The largest absolute Gasteiger partial charge is 0.347 e. The van der Waals surface area contributed by atoms with Crippen LogP contribution in [-0.2, 0) is 6.54 Å². The summed E-state index contributed by atoms with van der Waals surface area (Å²) < 4.78 is 0. The lowest BCUT2D eigenvalue weighted by molar-refractivity contribution is 0.549.